The van der Waals surface area contributed by atoms with Gasteiger partial charge in [0.15, 0.2) is 5.16 Å². The summed E-state index contributed by atoms with van der Waals surface area (Å²) in [7, 11) is 0. The quantitative estimate of drug-likeness (QED) is 0.518. The molecule has 0 atom stereocenters. The van der Waals surface area contributed by atoms with Gasteiger partial charge < -0.3 is 5.32 Å². The van der Waals surface area contributed by atoms with E-state index in [2.05, 4.69) is 50.5 Å². The molecule has 0 bridgehead atoms. The van der Waals surface area contributed by atoms with E-state index in [0.29, 0.717) is 11.7 Å². The van der Waals surface area contributed by atoms with Gasteiger partial charge in [0.05, 0.1) is 0 Å². The number of anilines is 2. The highest BCUT2D eigenvalue weighted by Crippen LogP contribution is 2.22. The second kappa shape index (κ2) is 9.19. The lowest BCUT2D eigenvalue weighted by atomic mass is 10.1. The fourth-order valence-corrected chi connectivity index (χ4v) is 3.78. The molecule has 7 heteroatoms. The number of thioether (sulfide) groups is 1. The van der Waals surface area contributed by atoms with Gasteiger partial charge in [-0.3, -0.25) is 9.36 Å². The molecule has 0 spiro atoms. The summed E-state index contributed by atoms with van der Waals surface area (Å²) in [5, 5.41) is 12.1. The molecule has 0 radical (unpaired) electrons. The van der Waals surface area contributed by atoms with Crippen molar-refractivity contribution in [1.82, 2.24) is 14.8 Å². The lowest BCUT2D eigenvalue weighted by Crippen LogP contribution is -2.26. The van der Waals surface area contributed by atoms with Gasteiger partial charge in [-0.2, -0.15) is 0 Å². The Kier molecular flexibility index (Phi) is 6.68. The minimum atomic E-state index is -0.162. The number of nitrogens with one attached hydrogen (secondary N) is 1. The molecule has 1 heterocycles. The fourth-order valence-electron chi connectivity index (χ4n) is 2.56. The number of hydrogen-bond donors (Lipinski definition) is 1. The molecule has 140 valence electrons. The highest BCUT2D eigenvalue weighted by Gasteiger charge is 2.12. The molecule has 2 aromatic carbocycles. The summed E-state index contributed by atoms with van der Waals surface area (Å²) in [5.41, 5.74) is 3.08. The highest BCUT2D eigenvalue weighted by molar-refractivity contribution is 9.10. The summed E-state index contributed by atoms with van der Waals surface area (Å²) in [6.45, 7) is 4.59. The average molecular weight is 445 g/mol. The lowest BCUT2D eigenvalue weighted by Gasteiger charge is -2.11. The zero-order valence-electron chi connectivity index (χ0n) is 15.3. The topological polar surface area (TPSA) is 59.8 Å². The standard InChI is InChI=1S/C20H21BrN4OS/c1-3-14-7-11-17(12-8-14)22-18-19(26)25(4-2)20(24-23-18)27-13-15-5-9-16(21)10-6-15/h5-12H,3-4,13H2,1-2H3,(H,22,23). The van der Waals surface area contributed by atoms with Crippen molar-refractivity contribution >= 4 is 39.2 Å². The largest absolute Gasteiger partial charge is 0.334 e. The molecule has 3 aromatic rings. The molecule has 0 saturated carbocycles. The maximum Gasteiger partial charge on any atom is 0.297 e. The number of rotatable bonds is 7. The first-order chi connectivity index (χ1) is 13.1. The van der Waals surface area contributed by atoms with E-state index in [4.69, 9.17) is 0 Å². The predicted molar refractivity (Wildman–Crippen MR) is 115 cm³/mol. The first kappa shape index (κ1) is 19.6. The van der Waals surface area contributed by atoms with Gasteiger partial charge in [-0.1, -0.05) is 58.9 Å². The SMILES string of the molecule is CCc1ccc(Nc2nnc(SCc3ccc(Br)cc3)n(CC)c2=O)cc1. The third kappa shape index (κ3) is 4.99. The van der Waals surface area contributed by atoms with Gasteiger partial charge in [0.25, 0.3) is 5.56 Å². The summed E-state index contributed by atoms with van der Waals surface area (Å²) in [6.07, 6.45) is 0.979. The van der Waals surface area contributed by atoms with Crippen molar-refractivity contribution in [3.8, 4) is 0 Å². The van der Waals surface area contributed by atoms with Crippen LogP contribution < -0.4 is 10.9 Å². The van der Waals surface area contributed by atoms with Crippen LogP contribution in [-0.2, 0) is 18.7 Å². The Hall–Kier alpha value is -2.12. The van der Waals surface area contributed by atoms with Gasteiger partial charge in [-0.15, -0.1) is 10.2 Å². The van der Waals surface area contributed by atoms with E-state index < -0.39 is 0 Å². The van der Waals surface area contributed by atoms with Crippen molar-refractivity contribution in [3.63, 3.8) is 0 Å². The van der Waals surface area contributed by atoms with E-state index in [-0.39, 0.29) is 11.4 Å². The van der Waals surface area contributed by atoms with Crippen molar-refractivity contribution in [1.29, 1.82) is 0 Å². The maximum absolute atomic E-state index is 12.8. The molecule has 5 nitrogen and oxygen atoms in total. The number of benzene rings is 2. The lowest BCUT2D eigenvalue weighted by molar-refractivity contribution is 0.597. The second-order valence-corrected chi connectivity index (χ2v) is 7.83. The fraction of sp³-hybridized carbons (Fsp3) is 0.250. The van der Waals surface area contributed by atoms with E-state index >= 15 is 0 Å². The van der Waals surface area contributed by atoms with Crippen LogP contribution >= 0.6 is 27.7 Å². The molecule has 0 aliphatic rings. The smallest absolute Gasteiger partial charge is 0.297 e. The summed E-state index contributed by atoms with van der Waals surface area (Å²) < 4.78 is 2.70. The first-order valence-corrected chi connectivity index (χ1v) is 10.6. The molecule has 0 aliphatic carbocycles. The normalized spacial score (nSPS) is 10.8. The van der Waals surface area contributed by atoms with Crippen molar-refractivity contribution in [3.05, 3.63) is 74.5 Å². The Labute approximate surface area is 171 Å². The molecule has 0 saturated heterocycles. The molecular formula is C20H21BrN4OS. The number of aromatic nitrogens is 3. The molecule has 27 heavy (non-hydrogen) atoms. The van der Waals surface area contributed by atoms with Crippen LogP contribution in [0.25, 0.3) is 0 Å². The van der Waals surface area contributed by atoms with Crippen LogP contribution in [0, 0.1) is 0 Å². The summed E-state index contributed by atoms with van der Waals surface area (Å²) in [6, 6.07) is 16.1. The molecule has 0 aliphatic heterocycles. The van der Waals surface area contributed by atoms with Crippen molar-refractivity contribution in [2.24, 2.45) is 0 Å². The average Bonchev–Trinajstić information content (AvgIpc) is 2.70. The zero-order valence-corrected chi connectivity index (χ0v) is 17.7. The van der Waals surface area contributed by atoms with E-state index in [1.165, 1.54) is 22.9 Å². The monoisotopic (exact) mass is 444 g/mol. The van der Waals surface area contributed by atoms with Crippen molar-refractivity contribution in [2.75, 3.05) is 5.32 Å². The maximum atomic E-state index is 12.8. The van der Waals surface area contributed by atoms with E-state index in [1.54, 1.807) is 4.57 Å². The zero-order chi connectivity index (χ0) is 19.2. The Bertz CT molecular complexity index is 955. The van der Waals surface area contributed by atoms with Crippen LogP contribution in [0.4, 0.5) is 11.5 Å². The van der Waals surface area contributed by atoms with Crippen LogP contribution in [0.1, 0.15) is 25.0 Å². The Morgan fingerprint density at radius 2 is 1.67 bits per heavy atom. The van der Waals surface area contributed by atoms with Crippen molar-refractivity contribution < 1.29 is 0 Å². The molecule has 1 aromatic heterocycles. The summed E-state index contributed by atoms with van der Waals surface area (Å²) in [5.74, 6) is 0.973. The van der Waals surface area contributed by atoms with Crippen LogP contribution in [0.2, 0.25) is 0 Å². The second-order valence-electron chi connectivity index (χ2n) is 5.97. The van der Waals surface area contributed by atoms with Gasteiger partial charge in [0.1, 0.15) is 0 Å². The van der Waals surface area contributed by atoms with Crippen LogP contribution in [0.5, 0.6) is 0 Å². The number of aryl methyl sites for hydroxylation is 1. The van der Waals surface area contributed by atoms with Crippen LogP contribution in [0.15, 0.2) is 63.0 Å². The molecule has 1 N–H and O–H groups in total. The van der Waals surface area contributed by atoms with Crippen molar-refractivity contribution in [2.45, 2.75) is 37.7 Å². The number of hydrogen-bond acceptors (Lipinski definition) is 5. The molecule has 0 fully saturated rings. The summed E-state index contributed by atoms with van der Waals surface area (Å²) >= 11 is 4.95. The molecule has 3 rings (SSSR count). The van der Waals surface area contributed by atoms with E-state index in [9.17, 15) is 4.79 Å². The third-order valence-corrected chi connectivity index (χ3v) is 5.70. The minimum Gasteiger partial charge on any atom is -0.334 e. The molecule has 0 unspecified atom stereocenters. The highest BCUT2D eigenvalue weighted by atomic mass is 79.9. The number of nitrogens with zero attached hydrogens (tertiary/aromatic N) is 3. The minimum absolute atomic E-state index is 0.162. The Morgan fingerprint density at radius 3 is 2.30 bits per heavy atom. The van der Waals surface area contributed by atoms with E-state index in [0.717, 1.165) is 22.3 Å². The Balaban J connectivity index is 1.77. The first-order valence-electron chi connectivity index (χ1n) is 8.81. The van der Waals surface area contributed by atoms with Gasteiger partial charge >= 0.3 is 0 Å². The van der Waals surface area contributed by atoms with Gasteiger partial charge in [0, 0.05) is 22.5 Å². The van der Waals surface area contributed by atoms with Gasteiger partial charge in [-0.05, 0) is 48.7 Å². The molecular weight excluding hydrogens is 424 g/mol. The van der Waals surface area contributed by atoms with Crippen LogP contribution in [-0.4, -0.2) is 14.8 Å². The van der Waals surface area contributed by atoms with E-state index in [1.807, 2.05) is 43.3 Å². The molecule has 0 amide bonds. The third-order valence-electron chi connectivity index (χ3n) is 4.14. The van der Waals surface area contributed by atoms with Crippen LogP contribution in [0.3, 0.4) is 0 Å². The Morgan fingerprint density at radius 1 is 1.00 bits per heavy atom. The number of halogens is 1. The van der Waals surface area contributed by atoms with Gasteiger partial charge in [0.2, 0.25) is 5.82 Å². The van der Waals surface area contributed by atoms with Gasteiger partial charge in [-0.25, -0.2) is 0 Å². The summed E-state index contributed by atoms with van der Waals surface area (Å²) in [4.78, 5) is 12.8. The predicted octanol–water partition coefficient (Wildman–Crippen LogP) is 5.02.